The fourth-order valence-electron chi connectivity index (χ4n) is 5.07. The SMILES string of the molecule is CC(C)c1cc(C(C)C)c(C2=CC=CC[C-]2P(C(C)(C)C)C(C)(C)C)c(C(C)C)c1.[Pd+2]. The fraction of sp³-hybridized carbons (Fsp3) is 0.621. The van der Waals surface area contributed by atoms with Gasteiger partial charge in [0.1, 0.15) is 0 Å². The largest absolute Gasteiger partial charge is 2.00 e. The molecule has 176 valence electrons. The summed E-state index contributed by atoms with van der Waals surface area (Å²) in [4.78, 5) is 0. The third-order valence-corrected chi connectivity index (χ3v) is 9.68. The van der Waals surface area contributed by atoms with Crippen LogP contribution in [0.5, 0.6) is 0 Å². The van der Waals surface area contributed by atoms with Crippen molar-refractivity contribution in [3.8, 4) is 0 Å². The smallest absolute Gasteiger partial charge is 0.177 e. The summed E-state index contributed by atoms with van der Waals surface area (Å²) in [6, 6.07) is 5.01. The summed E-state index contributed by atoms with van der Waals surface area (Å²) in [7, 11) is -0.310. The van der Waals surface area contributed by atoms with E-state index in [-0.39, 0.29) is 38.7 Å². The first-order chi connectivity index (χ1) is 13.7. The van der Waals surface area contributed by atoms with Crippen molar-refractivity contribution in [2.75, 3.05) is 0 Å². The van der Waals surface area contributed by atoms with Crippen LogP contribution in [0.4, 0.5) is 0 Å². The van der Waals surface area contributed by atoms with Crippen LogP contribution >= 0.6 is 7.92 Å². The Kier molecular flexibility index (Phi) is 9.93. The Bertz CT molecular complexity index is 754. The summed E-state index contributed by atoms with van der Waals surface area (Å²) in [6.07, 6.45) is 8.18. The Morgan fingerprint density at radius 1 is 0.774 bits per heavy atom. The van der Waals surface area contributed by atoms with E-state index in [1.54, 1.807) is 5.66 Å². The average molecular weight is 532 g/mol. The molecule has 0 amide bonds. The molecule has 0 aliphatic heterocycles. The van der Waals surface area contributed by atoms with Crippen LogP contribution in [0.2, 0.25) is 0 Å². The van der Waals surface area contributed by atoms with Crippen molar-refractivity contribution in [1.29, 1.82) is 0 Å². The Labute approximate surface area is 209 Å². The summed E-state index contributed by atoms with van der Waals surface area (Å²) >= 11 is 0. The van der Waals surface area contributed by atoms with Crippen molar-refractivity contribution < 1.29 is 20.4 Å². The minimum Gasteiger partial charge on any atom is -0.177 e. The molecule has 0 spiro atoms. The van der Waals surface area contributed by atoms with E-state index in [9.17, 15) is 0 Å². The van der Waals surface area contributed by atoms with Gasteiger partial charge in [-0.05, 0) is 33.6 Å². The molecule has 1 aliphatic rings. The Hall–Kier alpha value is -0.338. The van der Waals surface area contributed by atoms with Crippen LogP contribution in [0.25, 0.3) is 5.57 Å². The van der Waals surface area contributed by atoms with Crippen molar-refractivity contribution in [2.45, 2.75) is 118 Å². The number of rotatable bonds is 5. The summed E-state index contributed by atoms with van der Waals surface area (Å²) in [5, 5.41) is 0.558. The molecular weight excluding hydrogens is 486 g/mol. The Balaban J connectivity index is 0.00000480. The number of allylic oxidation sites excluding steroid dienone is 4. The van der Waals surface area contributed by atoms with Gasteiger partial charge in [0, 0.05) is 0 Å². The molecule has 0 radical (unpaired) electrons. The second-order valence-electron chi connectivity index (χ2n) is 11.9. The molecular formula is C29H46PPd+. The van der Waals surface area contributed by atoms with Crippen LogP contribution in [-0.4, -0.2) is 10.3 Å². The number of hydrogen-bond donors (Lipinski definition) is 0. The van der Waals surface area contributed by atoms with Crippen LogP contribution in [-0.2, 0) is 20.4 Å². The van der Waals surface area contributed by atoms with Gasteiger partial charge in [0.2, 0.25) is 0 Å². The molecule has 2 rings (SSSR count). The predicted octanol–water partition coefficient (Wildman–Crippen LogP) is 10.0. The topological polar surface area (TPSA) is 0 Å². The van der Waals surface area contributed by atoms with E-state index in [0.717, 1.165) is 6.42 Å². The molecule has 1 aromatic rings. The monoisotopic (exact) mass is 531 g/mol. The van der Waals surface area contributed by atoms with Crippen molar-refractivity contribution in [1.82, 2.24) is 0 Å². The standard InChI is InChI=1S/C29H46P.Pd/c1-19(2)22-17-24(20(3)4)27(25(18-22)21(5)6)23-15-13-14-16-26(23)30(28(7,8)9)29(10,11)12;/h13-15,17-21H,16H2,1-12H3;/q-1;+2. The maximum absolute atomic E-state index is 2.50. The van der Waals surface area contributed by atoms with Gasteiger partial charge in [0.15, 0.2) is 0 Å². The minimum absolute atomic E-state index is 0. The maximum Gasteiger partial charge on any atom is 2.00 e. The molecule has 0 N–H and O–H groups in total. The Morgan fingerprint density at radius 3 is 1.58 bits per heavy atom. The maximum atomic E-state index is 2.50. The van der Waals surface area contributed by atoms with Crippen molar-refractivity contribution in [3.63, 3.8) is 0 Å². The minimum atomic E-state index is -0.310. The third-order valence-electron chi connectivity index (χ3n) is 6.03. The third kappa shape index (κ3) is 6.60. The first-order valence-corrected chi connectivity index (χ1v) is 13.2. The second kappa shape index (κ2) is 10.7. The van der Waals surface area contributed by atoms with Crippen molar-refractivity contribution >= 4 is 13.5 Å². The normalized spacial score (nSPS) is 15.2. The van der Waals surface area contributed by atoms with Crippen LogP contribution in [0.1, 0.15) is 130 Å². The average Bonchev–Trinajstić information content (AvgIpc) is 2.58. The van der Waals surface area contributed by atoms with Crippen molar-refractivity contribution in [3.05, 3.63) is 58.3 Å². The molecule has 0 saturated carbocycles. The molecule has 1 aromatic carbocycles. The molecule has 0 saturated heterocycles. The zero-order valence-corrected chi connectivity index (χ0v) is 24.5. The van der Waals surface area contributed by atoms with Gasteiger partial charge in [-0.3, -0.25) is 0 Å². The predicted molar refractivity (Wildman–Crippen MR) is 140 cm³/mol. The molecule has 31 heavy (non-hydrogen) atoms. The molecule has 0 fully saturated rings. The van der Waals surface area contributed by atoms with Crippen LogP contribution < -0.4 is 0 Å². The van der Waals surface area contributed by atoms with Gasteiger partial charge in [-0.25, -0.2) is 0 Å². The van der Waals surface area contributed by atoms with E-state index in [1.165, 1.54) is 27.8 Å². The van der Waals surface area contributed by atoms with Gasteiger partial charge >= 0.3 is 20.4 Å². The van der Waals surface area contributed by atoms with Gasteiger partial charge in [0.25, 0.3) is 0 Å². The summed E-state index contributed by atoms with van der Waals surface area (Å²) in [6.45, 7) is 28.8. The van der Waals surface area contributed by atoms with Gasteiger partial charge in [-0.2, -0.15) is 11.6 Å². The number of benzene rings is 1. The molecule has 1 aliphatic carbocycles. The van der Waals surface area contributed by atoms with E-state index in [1.807, 2.05) is 0 Å². The summed E-state index contributed by atoms with van der Waals surface area (Å²) < 4.78 is 0. The summed E-state index contributed by atoms with van der Waals surface area (Å²) in [5.74, 6) is 1.58. The molecule has 0 nitrogen and oxygen atoms in total. The van der Waals surface area contributed by atoms with E-state index < -0.39 is 0 Å². The summed E-state index contributed by atoms with van der Waals surface area (Å²) in [5.41, 5.74) is 9.28. The van der Waals surface area contributed by atoms with E-state index in [2.05, 4.69) is 113 Å². The first-order valence-electron chi connectivity index (χ1n) is 11.9. The first kappa shape index (κ1) is 28.7. The van der Waals surface area contributed by atoms with E-state index in [0.29, 0.717) is 17.8 Å². The van der Waals surface area contributed by atoms with Gasteiger partial charge in [-0.15, -0.1) is 31.3 Å². The van der Waals surface area contributed by atoms with Gasteiger partial charge in [0.05, 0.1) is 0 Å². The van der Waals surface area contributed by atoms with Crippen LogP contribution in [0.3, 0.4) is 0 Å². The van der Waals surface area contributed by atoms with Crippen molar-refractivity contribution in [2.24, 2.45) is 0 Å². The van der Waals surface area contributed by atoms with E-state index >= 15 is 0 Å². The quantitative estimate of drug-likeness (QED) is 0.201. The Morgan fingerprint density at radius 2 is 1.23 bits per heavy atom. The molecule has 0 heterocycles. The van der Waals surface area contributed by atoms with Gasteiger partial charge < -0.3 is 0 Å². The second-order valence-corrected chi connectivity index (χ2v) is 15.8. The van der Waals surface area contributed by atoms with Gasteiger partial charge in [-0.1, -0.05) is 113 Å². The fourth-order valence-corrected chi connectivity index (χ4v) is 9.42. The zero-order chi connectivity index (χ0) is 23.0. The molecule has 0 atom stereocenters. The molecule has 0 bridgehead atoms. The molecule has 0 aromatic heterocycles. The zero-order valence-electron chi connectivity index (χ0n) is 22.1. The number of hydrogen-bond acceptors (Lipinski definition) is 0. The van der Waals surface area contributed by atoms with E-state index in [4.69, 9.17) is 0 Å². The van der Waals surface area contributed by atoms with Crippen LogP contribution in [0, 0.1) is 5.66 Å². The molecule has 2 heteroatoms. The molecule has 0 unspecified atom stereocenters. The van der Waals surface area contributed by atoms with Crippen LogP contribution in [0.15, 0.2) is 30.4 Å².